The predicted octanol–water partition coefficient (Wildman–Crippen LogP) is 6.21. The Balaban J connectivity index is 0.000000615. The summed E-state index contributed by atoms with van der Waals surface area (Å²) >= 11 is -0.181. The maximum atomic E-state index is 4.83. The van der Waals surface area contributed by atoms with Crippen molar-refractivity contribution in [3.63, 3.8) is 0 Å². The van der Waals surface area contributed by atoms with Crippen molar-refractivity contribution in [2.45, 2.75) is 39.0 Å². The number of halogens is 2. The van der Waals surface area contributed by atoms with E-state index < -0.39 is 0 Å². The second-order valence-corrected chi connectivity index (χ2v) is 8.44. The van der Waals surface area contributed by atoms with Crippen molar-refractivity contribution in [2.24, 2.45) is 5.41 Å². The van der Waals surface area contributed by atoms with Gasteiger partial charge in [0.2, 0.25) is 0 Å². The summed E-state index contributed by atoms with van der Waals surface area (Å²) in [4.78, 5) is 4.49. The summed E-state index contributed by atoms with van der Waals surface area (Å²) in [5, 5.41) is 0. The SMILES string of the molecule is CC(C)(Cc1ccccn1)C1CCc2ccccc21.[CH3-].[Cl][Cr+][Cl]. The quantitative estimate of drug-likeness (QED) is 0.569. The Morgan fingerprint density at radius 3 is 2.43 bits per heavy atom. The van der Waals surface area contributed by atoms with Gasteiger partial charge in [-0.15, -0.1) is 0 Å². The van der Waals surface area contributed by atoms with Crippen LogP contribution in [-0.4, -0.2) is 4.98 Å². The van der Waals surface area contributed by atoms with Gasteiger partial charge in [-0.2, -0.15) is 0 Å². The van der Waals surface area contributed by atoms with Gasteiger partial charge in [0.15, 0.2) is 0 Å². The molecule has 1 unspecified atom stereocenters. The van der Waals surface area contributed by atoms with Gasteiger partial charge >= 0.3 is 33.5 Å². The van der Waals surface area contributed by atoms with Crippen LogP contribution in [0.5, 0.6) is 0 Å². The Morgan fingerprint density at radius 1 is 1.13 bits per heavy atom. The van der Waals surface area contributed by atoms with Gasteiger partial charge in [-0.05, 0) is 53.9 Å². The monoisotopic (exact) mass is 388 g/mol. The Morgan fingerprint density at radius 2 is 1.78 bits per heavy atom. The molecule has 0 saturated carbocycles. The van der Waals surface area contributed by atoms with Crippen molar-refractivity contribution in [3.05, 3.63) is 72.9 Å². The van der Waals surface area contributed by atoms with Crippen LogP contribution in [0, 0.1) is 12.8 Å². The van der Waals surface area contributed by atoms with Crippen molar-refractivity contribution >= 4 is 20.1 Å². The van der Waals surface area contributed by atoms with Crippen LogP contribution in [-0.2, 0) is 26.2 Å². The molecule has 0 N–H and O–H groups in total. The fourth-order valence-electron chi connectivity index (χ4n) is 3.46. The number of pyridine rings is 1. The minimum atomic E-state index is -0.181. The van der Waals surface area contributed by atoms with Gasteiger partial charge < -0.3 is 7.43 Å². The molecule has 1 aliphatic carbocycles. The van der Waals surface area contributed by atoms with Crippen molar-refractivity contribution in [2.75, 3.05) is 0 Å². The fourth-order valence-corrected chi connectivity index (χ4v) is 3.46. The zero-order valence-corrected chi connectivity index (χ0v) is 16.7. The maximum absolute atomic E-state index is 4.83. The molecule has 4 heteroatoms. The molecule has 1 heterocycles. The number of aryl methyl sites for hydroxylation is 1. The molecule has 0 bridgehead atoms. The van der Waals surface area contributed by atoms with E-state index in [0.717, 1.165) is 6.42 Å². The number of benzene rings is 1. The molecule has 0 amide bonds. The molecule has 0 saturated heterocycles. The first-order chi connectivity index (χ1) is 10.6. The molecule has 1 nitrogen and oxygen atoms in total. The van der Waals surface area contributed by atoms with Gasteiger partial charge in [-0.3, -0.25) is 4.98 Å². The van der Waals surface area contributed by atoms with Crippen LogP contribution in [0.15, 0.2) is 48.7 Å². The third-order valence-corrected chi connectivity index (χ3v) is 4.44. The van der Waals surface area contributed by atoms with Crippen LogP contribution >= 0.6 is 20.1 Å². The molecule has 0 radical (unpaired) electrons. The number of hydrogen-bond donors (Lipinski definition) is 0. The topological polar surface area (TPSA) is 12.9 Å². The molecule has 0 spiro atoms. The Kier molecular flexibility index (Phi) is 8.66. The number of rotatable bonds is 3. The zero-order valence-electron chi connectivity index (χ0n) is 13.9. The zero-order chi connectivity index (χ0) is 16.0. The third-order valence-electron chi connectivity index (χ3n) is 4.44. The van der Waals surface area contributed by atoms with E-state index in [4.69, 9.17) is 20.1 Å². The van der Waals surface area contributed by atoms with Gasteiger partial charge in [0.05, 0.1) is 0 Å². The minimum absolute atomic E-state index is 0. The van der Waals surface area contributed by atoms with Gasteiger partial charge in [-0.25, -0.2) is 0 Å². The van der Waals surface area contributed by atoms with Crippen LogP contribution in [0.3, 0.4) is 0 Å². The van der Waals surface area contributed by atoms with Crippen molar-refractivity contribution in [1.29, 1.82) is 0 Å². The third kappa shape index (κ3) is 5.51. The first-order valence-electron chi connectivity index (χ1n) is 7.45. The van der Waals surface area contributed by atoms with E-state index in [2.05, 4.69) is 55.2 Å². The van der Waals surface area contributed by atoms with Gasteiger partial charge in [-0.1, -0.05) is 44.2 Å². The van der Waals surface area contributed by atoms with Crippen molar-refractivity contribution in [3.8, 4) is 0 Å². The Labute approximate surface area is 155 Å². The van der Waals surface area contributed by atoms with Crippen LogP contribution in [0.25, 0.3) is 0 Å². The predicted molar refractivity (Wildman–Crippen MR) is 97.3 cm³/mol. The Bertz CT molecular complexity index is 587. The van der Waals surface area contributed by atoms with Gasteiger partial charge in [0.1, 0.15) is 0 Å². The second-order valence-electron chi connectivity index (χ2n) is 6.33. The molecule has 0 aliphatic heterocycles. The van der Waals surface area contributed by atoms with Crippen LogP contribution in [0.2, 0.25) is 0 Å². The average molecular weight is 389 g/mol. The van der Waals surface area contributed by atoms with Crippen LogP contribution < -0.4 is 0 Å². The van der Waals surface area contributed by atoms with E-state index in [1.807, 2.05) is 12.3 Å². The Hall–Kier alpha value is -0.518. The summed E-state index contributed by atoms with van der Waals surface area (Å²) in [6.45, 7) is 4.77. The van der Waals surface area contributed by atoms with Crippen molar-refractivity contribution < 1.29 is 13.4 Å². The number of hydrogen-bond acceptors (Lipinski definition) is 1. The van der Waals surface area contributed by atoms with Crippen LogP contribution in [0.1, 0.15) is 43.0 Å². The molecule has 1 aliphatic rings. The summed E-state index contributed by atoms with van der Waals surface area (Å²) < 4.78 is 0. The molecule has 1 aromatic carbocycles. The fraction of sp³-hybridized carbons (Fsp3) is 0.368. The van der Waals surface area contributed by atoms with Crippen molar-refractivity contribution in [1.82, 2.24) is 4.98 Å². The molecule has 3 rings (SSSR count). The first-order valence-corrected chi connectivity index (χ1v) is 11.0. The summed E-state index contributed by atoms with van der Waals surface area (Å²) in [7, 11) is 9.65. The normalized spacial score (nSPS) is 15.7. The second kappa shape index (κ2) is 9.70. The van der Waals surface area contributed by atoms with E-state index >= 15 is 0 Å². The van der Waals surface area contributed by atoms with E-state index in [-0.39, 0.29) is 26.2 Å². The van der Waals surface area contributed by atoms with Gasteiger partial charge in [0, 0.05) is 11.9 Å². The molecule has 0 fully saturated rings. The first kappa shape index (κ1) is 20.5. The van der Waals surface area contributed by atoms with Gasteiger partial charge in [0.25, 0.3) is 0 Å². The number of nitrogens with zero attached hydrogens (tertiary/aromatic N) is 1. The molecule has 1 atom stereocenters. The molecule has 23 heavy (non-hydrogen) atoms. The standard InChI is InChI=1S/C18H21N.CH3.2ClH.Cr/c1-18(2,13-15-8-5-6-12-19-15)17-11-10-14-7-3-4-9-16(14)17;;;;/h3-9,12,17H,10-11,13H2,1-2H3;1H3;2*1H;/q;-1;;;+3/p-2. The van der Waals surface area contributed by atoms with E-state index in [1.54, 1.807) is 11.1 Å². The van der Waals surface area contributed by atoms with E-state index in [0.29, 0.717) is 5.92 Å². The molecular weight excluding hydrogens is 365 g/mol. The average Bonchev–Trinajstić information content (AvgIpc) is 2.93. The van der Waals surface area contributed by atoms with E-state index in [9.17, 15) is 0 Å². The summed E-state index contributed by atoms with van der Waals surface area (Å²) in [5.41, 5.74) is 4.57. The summed E-state index contributed by atoms with van der Waals surface area (Å²) in [5.74, 6) is 0.658. The van der Waals surface area contributed by atoms with E-state index in [1.165, 1.54) is 18.5 Å². The number of aromatic nitrogens is 1. The number of fused-ring (bicyclic) bond motifs is 1. The molecular formula is C19H24Cl2CrN. The molecule has 1 aromatic heterocycles. The molecule has 2 aromatic rings. The summed E-state index contributed by atoms with van der Waals surface area (Å²) in [6.07, 6.45) is 5.45. The van der Waals surface area contributed by atoms with Crippen LogP contribution in [0.4, 0.5) is 0 Å². The molecule has 125 valence electrons. The summed E-state index contributed by atoms with van der Waals surface area (Å²) in [6, 6.07) is 15.1.